The molecule has 10 nitrogen and oxygen atoms in total. The van der Waals surface area contributed by atoms with Crippen LogP contribution in [0.1, 0.15) is 17.3 Å². The van der Waals surface area contributed by atoms with Crippen LogP contribution < -0.4 is 10.5 Å². The molecule has 0 saturated carbocycles. The van der Waals surface area contributed by atoms with E-state index >= 15 is 0 Å². The van der Waals surface area contributed by atoms with Gasteiger partial charge in [0.25, 0.3) is 5.88 Å². The maximum atomic E-state index is 11.7. The third-order valence-corrected chi connectivity index (χ3v) is 2.71. The number of hydrogen-bond acceptors (Lipinski definition) is 8. The van der Waals surface area contributed by atoms with Gasteiger partial charge >= 0.3 is 11.7 Å². The number of nitrogen functional groups attached to an aromatic ring is 1. The van der Waals surface area contributed by atoms with E-state index in [0.29, 0.717) is 0 Å². The Kier molecular flexibility index (Phi) is 4.20. The number of hydrogen-bond donors (Lipinski definition) is 1. The molecule has 0 spiro atoms. The zero-order chi connectivity index (χ0) is 16.3. The van der Waals surface area contributed by atoms with Crippen LogP contribution in [0, 0.1) is 10.1 Å². The van der Waals surface area contributed by atoms with Gasteiger partial charge in [-0.15, -0.1) is 5.10 Å². The first-order valence-electron chi connectivity index (χ1n) is 6.19. The average Bonchev–Trinajstić information content (AvgIpc) is 2.88. The van der Waals surface area contributed by atoms with E-state index in [0.717, 1.165) is 0 Å². The molecule has 0 saturated heterocycles. The van der Waals surface area contributed by atoms with Crippen LogP contribution in [0.15, 0.2) is 18.5 Å². The van der Waals surface area contributed by atoms with Gasteiger partial charge in [0.05, 0.1) is 30.5 Å². The monoisotopic (exact) mass is 307 g/mol. The molecular weight excluding hydrogens is 294 g/mol. The highest BCUT2D eigenvalue weighted by atomic mass is 16.6. The van der Waals surface area contributed by atoms with Gasteiger partial charge in [0, 0.05) is 12.3 Å². The van der Waals surface area contributed by atoms with Crippen LogP contribution in [0.3, 0.4) is 0 Å². The first kappa shape index (κ1) is 15.2. The molecule has 2 heterocycles. The van der Waals surface area contributed by atoms with Crippen molar-refractivity contribution in [3.8, 4) is 11.6 Å². The molecule has 2 aromatic rings. The summed E-state index contributed by atoms with van der Waals surface area (Å²) in [5.74, 6) is -0.793. The molecule has 22 heavy (non-hydrogen) atoms. The summed E-state index contributed by atoms with van der Waals surface area (Å²) in [5, 5.41) is 14.9. The van der Waals surface area contributed by atoms with Crippen LogP contribution in [-0.4, -0.2) is 39.4 Å². The van der Waals surface area contributed by atoms with Gasteiger partial charge in [-0.05, 0) is 6.92 Å². The van der Waals surface area contributed by atoms with Crippen molar-refractivity contribution in [1.29, 1.82) is 0 Å². The van der Waals surface area contributed by atoms with Crippen molar-refractivity contribution in [3.63, 3.8) is 0 Å². The first-order valence-corrected chi connectivity index (χ1v) is 6.19. The molecule has 116 valence electrons. The molecule has 2 aromatic heterocycles. The van der Waals surface area contributed by atoms with Crippen molar-refractivity contribution in [2.75, 3.05) is 19.5 Å². The summed E-state index contributed by atoms with van der Waals surface area (Å²) >= 11 is 0. The molecule has 0 aliphatic heterocycles. The van der Waals surface area contributed by atoms with Gasteiger partial charge < -0.3 is 15.2 Å². The van der Waals surface area contributed by atoms with E-state index in [2.05, 4.69) is 10.1 Å². The highest BCUT2D eigenvalue weighted by Crippen LogP contribution is 2.26. The number of pyridine rings is 1. The van der Waals surface area contributed by atoms with Crippen molar-refractivity contribution in [2.45, 2.75) is 6.92 Å². The number of aromatic nitrogens is 3. The molecule has 0 aliphatic carbocycles. The van der Waals surface area contributed by atoms with Crippen molar-refractivity contribution >= 4 is 17.5 Å². The normalized spacial score (nSPS) is 10.3. The fourth-order valence-electron chi connectivity index (χ4n) is 1.73. The highest BCUT2D eigenvalue weighted by molar-refractivity contribution is 5.94. The van der Waals surface area contributed by atoms with E-state index in [4.69, 9.17) is 15.2 Å². The largest absolute Gasteiger partial charge is 0.476 e. The summed E-state index contributed by atoms with van der Waals surface area (Å²) in [6.07, 6.45) is 2.63. The van der Waals surface area contributed by atoms with Crippen LogP contribution in [0.2, 0.25) is 0 Å². The zero-order valence-electron chi connectivity index (χ0n) is 11.8. The van der Waals surface area contributed by atoms with Gasteiger partial charge in [-0.1, -0.05) is 0 Å². The Bertz CT molecular complexity index is 727. The van der Waals surface area contributed by atoms with E-state index in [1.54, 1.807) is 6.92 Å². The second-order valence-electron chi connectivity index (χ2n) is 4.07. The fraction of sp³-hybridized carbons (Fsp3) is 0.250. The van der Waals surface area contributed by atoms with Crippen LogP contribution in [0.25, 0.3) is 5.69 Å². The number of anilines is 1. The molecule has 2 N–H and O–H groups in total. The number of nitrogens with zero attached hydrogens (tertiary/aromatic N) is 4. The lowest BCUT2D eigenvalue weighted by molar-refractivity contribution is -0.386. The molecule has 0 aliphatic rings. The second kappa shape index (κ2) is 6.08. The number of nitrogens with two attached hydrogens (primary N) is 1. The third-order valence-electron chi connectivity index (χ3n) is 2.71. The van der Waals surface area contributed by atoms with Gasteiger partial charge in [0.15, 0.2) is 5.82 Å². The minimum atomic E-state index is -0.631. The Balaban J connectivity index is 2.45. The minimum absolute atomic E-state index is 0.0445. The van der Waals surface area contributed by atoms with Crippen LogP contribution in [0.5, 0.6) is 5.88 Å². The summed E-state index contributed by atoms with van der Waals surface area (Å²) in [7, 11) is 1.28. The molecule has 0 aromatic carbocycles. The van der Waals surface area contributed by atoms with Gasteiger partial charge in [-0.2, -0.15) is 0 Å². The lowest BCUT2D eigenvalue weighted by Crippen LogP contribution is -2.06. The number of nitro groups is 1. The molecule has 2 rings (SSSR count). The summed E-state index contributed by atoms with van der Waals surface area (Å²) in [6.45, 7) is 1.86. The molecule has 0 fully saturated rings. The Morgan fingerprint density at radius 3 is 2.86 bits per heavy atom. The van der Waals surface area contributed by atoms with Crippen molar-refractivity contribution in [3.05, 3.63) is 34.1 Å². The van der Waals surface area contributed by atoms with E-state index in [1.807, 2.05) is 0 Å². The van der Waals surface area contributed by atoms with E-state index in [9.17, 15) is 14.9 Å². The number of rotatable bonds is 5. The Hall–Kier alpha value is -3.17. The maximum Gasteiger partial charge on any atom is 0.343 e. The van der Waals surface area contributed by atoms with Crippen molar-refractivity contribution in [2.24, 2.45) is 0 Å². The summed E-state index contributed by atoms with van der Waals surface area (Å²) in [6, 6.07) is 1.22. The van der Waals surface area contributed by atoms with Crippen LogP contribution in [0.4, 0.5) is 11.5 Å². The summed E-state index contributed by atoms with van der Waals surface area (Å²) in [5.41, 5.74) is 5.65. The van der Waals surface area contributed by atoms with Gasteiger partial charge in [-0.3, -0.25) is 10.1 Å². The molecule has 0 bridgehead atoms. The number of ether oxygens (including phenoxy) is 2. The molecule has 0 unspecified atom stereocenters. The zero-order valence-corrected chi connectivity index (χ0v) is 11.8. The number of methoxy groups -OCH3 is 1. The van der Waals surface area contributed by atoms with E-state index < -0.39 is 10.9 Å². The minimum Gasteiger partial charge on any atom is -0.476 e. The fourth-order valence-corrected chi connectivity index (χ4v) is 1.73. The number of carbonyl (C=O) groups excluding carboxylic acids is 1. The molecular formula is C12H13N5O5. The maximum absolute atomic E-state index is 11.7. The lowest BCUT2D eigenvalue weighted by atomic mass is 10.3. The van der Waals surface area contributed by atoms with Crippen LogP contribution >= 0.6 is 0 Å². The van der Waals surface area contributed by atoms with Gasteiger partial charge in [0.1, 0.15) is 5.56 Å². The second-order valence-corrected chi connectivity index (χ2v) is 4.07. The highest BCUT2D eigenvalue weighted by Gasteiger charge is 2.20. The Labute approximate surface area is 124 Å². The third kappa shape index (κ3) is 2.80. The summed E-state index contributed by atoms with van der Waals surface area (Å²) in [4.78, 5) is 25.9. The van der Waals surface area contributed by atoms with Crippen molar-refractivity contribution in [1.82, 2.24) is 14.8 Å². The lowest BCUT2D eigenvalue weighted by Gasteiger charge is -2.03. The smallest absolute Gasteiger partial charge is 0.343 e. The van der Waals surface area contributed by atoms with Gasteiger partial charge in [-0.25, -0.2) is 14.5 Å². The Morgan fingerprint density at radius 2 is 2.27 bits per heavy atom. The van der Waals surface area contributed by atoms with E-state index in [1.165, 1.54) is 30.3 Å². The first-order chi connectivity index (χ1) is 10.5. The van der Waals surface area contributed by atoms with E-state index in [-0.39, 0.29) is 35.2 Å². The molecule has 0 atom stereocenters. The SMILES string of the molecule is CCOC(=O)c1cn(-c2cnc(OC)c([N+](=O)[O-])c2)nc1N. The van der Waals surface area contributed by atoms with Crippen LogP contribution in [-0.2, 0) is 4.74 Å². The molecule has 0 radical (unpaired) electrons. The number of esters is 1. The summed E-state index contributed by atoms with van der Waals surface area (Å²) < 4.78 is 10.9. The van der Waals surface area contributed by atoms with Crippen molar-refractivity contribution < 1.29 is 19.2 Å². The molecule has 10 heteroatoms. The topological polar surface area (TPSA) is 135 Å². The number of carbonyl (C=O) groups is 1. The predicted molar refractivity (Wildman–Crippen MR) is 74.9 cm³/mol. The van der Waals surface area contributed by atoms with Gasteiger partial charge in [0.2, 0.25) is 0 Å². The predicted octanol–water partition coefficient (Wildman–Crippen LogP) is 0.943. The quantitative estimate of drug-likeness (QED) is 0.489. The Morgan fingerprint density at radius 1 is 1.55 bits per heavy atom. The standard InChI is InChI=1S/C12H13N5O5/c1-3-22-12(18)8-6-16(15-10(8)13)7-4-9(17(19)20)11(21-2)14-5-7/h4-6H,3H2,1-2H3,(H2,13,15). The average molecular weight is 307 g/mol. The molecule has 0 amide bonds.